The summed E-state index contributed by atoms with van der Waals surface area (Å²) in [6.45, 7) is 6.41. The first-order valence-corrected chi connectivity index (χ1v) is 13.6. The minimum atomic E-state index is -3.57. The molecule has 1 fully saturated rings. The molecule has 2 aromatic carbocycles. The molecular weight excluding hydrogens is 479 g/mol. The number of rotatable bonds is 5. The van der Waals surface area contributed by atoms with Gasteiger partial charge in [-0.15, -0.1) is 0 Å². The number of nitrogens with one attached hydrogen (secondary N) is 1. The van der Waals surface area contributed by atoms with Crippen molar-refractivity contribution in [1.82, 2.24) is 9.97 Å². The van der Waals surface area contributed by atoms with Gasteiger partial charge in [-0.1, -0.05) is 6.07 Å². The quantitative estimate of drug-likeness (QED) is 0.406. The number of hydrogen-bond donors (Lipinski definition) is 1. The Kier molecular flexibility index (Phi) is 6.36. The Balaban J connectivity index is 1.72. The third-order valence-corrected chi connectivity index (χ3v) is 7.52. The van der Waals surface area contributed by atoms with Gasteiger partial charge < -0.3 is 15.0 Å². The van der Waals surface area contributed by atoms with Crippen molar-refractivity contribution in [2.75, 3.05) is 42.8 Å². The van der Waals surface area contributed by atoms with E-state index in [4.69, 9.17) is 9.72 Å². The molecule has 36 heavy (non-hydrogen) atoms. The number of hydrogen-bond acceptors (Lipinski definition) is 7. The molecule has 1 aliphatic rings. The van der Waals surface area contributed by atoms with Crippen LogP contribution in [0, 0.1) is 19.7 Å². The average molecular weight is 507 g/mol. The Labute approximate surface area is 209 Å². The van der Waals surface area contributed by atoms with Gasteiger partial charge in [-0.05, 0) is 61.9 Å². The van der Waals surface area contributed by atoms with Gasteiger partial charge in [-0.3, -0.25) is 4.98 Å². The van der Waals surface area contributed by atoms with Crippen molar-refractivity contribution in [1.29, 1.82) is 0 Å². The molecule has 0 saturated carbocycles. The van der Waals surface area contributed by atoms with Crippen LogP contribution in [0.15, 0.2) is 59.6 Å². The highest BCUT2D eigenvalue weighted by Crippen LogP contribution is 2.38. The molecule has 7 nitrogen and oxygen atoms in total. The Morgan fingerprint density at radius 2 is 1.83 bits per heavy atom. The zero-order chi connectivity index (χ0) is 25.4. The van der Waals surface area contributed by atoms with Crippen molar-refractivity contribution in [3.05, 3.63) is 71.7 Å². The largest absolute Gasteiger partial charge is 0.378 e. The molecule has 0 unspecified atom stereocenters. The molecule has 0 atom stereocenters. The Hall–Kier alpha value is -3.56. The van der Waals surface area contributed by atoms with Crippen molar-refractivity contribution in [3.8, 4) is 11.4 Å². The minimum absolute atomic E-state index is 0.135. The molecule has 1 N–H and O–H groups in total. The molecule has 5 rings (SSSR count). The first-order chi connectivity index (χ1) is 17.2. The van der Waals surface area contributed by atoms with Crippen LogP contribution in [0.25, 0.3) is 22.3 Å². The fourth-order valence-corrected chi connectivity index (χ4v) is 5.35. The summed E-state index contributed by atoms with van der Waals surface area (Å²) in [5.74, 6) is -0.445. The predicted octanol–water partition coefficient (Wildman–Crippen LogP) is 5.04. The molecule has 1 aliphatic heterocycles. The predicted molar refractivity (Wildman–Crippen MR) is 140 cm³/mol. The SMILES string of the molecule is Cc1ccnc(-c2nc3cccc(F)c3c(Nc3cc(N4CCOCC4)ccc3S(C)(=O)=O)c2C)c1. The Morgan fingerprint density at radius 3 is 2.56 bits per heavy atom. The lowest BCUT2D eigenvalue weighted by molar-refractivity contribution is 0.122. The second-order valence-electron chi connectivity index (χ2n) is 8.99. The molecule has 0 radical (unpaired) electrons. The number of ether oxygens (including phenoxy) is 1. The molecule has 1 saturated heterocycles. The number of benzene rings is 2. The van der Waals surface area contributed by atoms with Crippen molar-refractivity contribution in [2.45, 2.75) is 18.7 Å². The van der Waals surface area contributed by atoms with Crippen LogP contribution in [0.2, 0.25) is 0 Å². The summed E-state index contributed by atoms with van der Waals surface area (Å²) in [6, 6.07) is 13.7. The lowest BCUT2D eigenvalue weighted by atomic mass is 10.0. The van der Waals surface area contributed by atoms with Gasteiger partial charge in [-0.2, -0.15) is 0 Å². The van der Waals surface area contributed by atoms with E-state index < -0.39 is 15.7 Å². The van der Waals surface area contributed by atoms with Gasteiger partial charge in [0.1, 0.15) is 5.82 Å². The fourth-order valence-electron chi connectivity index (χ4n) is 4.53. The third-order valence-electron chi connectivity index (χ3n) is 6.36. The normalized spacial score (nSPS) is 14.3. The van der Waals surface area contributed by atoms with Crippen LogP contribution in [0.1, 0.15) is 11.1 Å². The number of halogens is 1. The molecule has 186 valence electrons. The highest BCUT2D eigenvalue weighted by atomic mass is 32.2. The smallest absolute Gasteiger partial charge is 0.177 e. The third kappa shape index (κ3) is 4.64. The lowest BCUT2D eigenvalue weighted by Gasteiger charge is -2.29. The first kappa shape index (κ1) is 24.1. The van der Waals surface area contributed by atoms with Crippen LogP contribution in [0.5, 0.6) is 0 Å². The van der Waals surface area contributed by atoms with E-state index in [0.717, 1.165) is 11.3 Å². The number of pyridine rings is 2. The average Bonchev–Trinajstić information content (AvgIpc) is 2.85. The molecular formula is C27H27FN4O3S. The van der Waals surface area contributed by atoms with Crippen molar-refractivity contribution in [2.24, 2.45) is 0 Å². The van der Waals surface area contributed by atoms with Crippen LogP contribution in [0.3, 0.4) is 0 Å². The van der Waals surface area contributed by atoms with Crippen molar-refractivity contribution in [3.63, 3.8) is 0 Å². The van der Waals surface area contributed by atoms with Crippen LogP contribution in [-0.4, -0.2) is 50.9 Å². The maximum Gasteiger partial charge on any atom is 0.177 e. The number of morpholine rings is 1. The molecule has 4 aromatic rings. The van der Waals surface area contributed by atoms with E-state index in [1.165, 1.54) is 12.3 Å². The zero-order valence-corrected chi connectivity index (χ0v) is 21.2. The van der Waals surface area contributed by atoms with E-state index in [0.29, 0.717) is 65.5 Å². The van der Waals surface area contributed by atoms with Crippen LogP contribution < -0.4 is 10.2 Å². The number of aryl methyl sites for hydroxylation is 1. The number of aromatic nitrogens is 2. The summed E-state index contributed by atoms with van der Waals surface area (Å²) in [4.78, 5) is 11.5. The number of anilines is 3. The topological polar surface area (TPSA) is 84.4 Å². The first-order valence-electron chi connectivity index (χ1n) is 11.7. The van der Waals surface area contributed by atoms with E-state index in [9.17, 15) is 8.42 Å². The second-order valence-corrected chi connectivity index (χ2v) is 11.0. The summed E-state index contributed by atoms with van der Waals surface area (Å²) in [5.41, 5.74) is 5.10. The van der Waals surface area contributed by atoms with E-state index in [1.54, 1.807) is 36.5 Å². The lowest BCUT2D eigenvalue weighted by Crippen LogP contribution is -2.36. The van der Waals surface area contributed by atoms with Crippen molar-refractivity contribution >= 4 is 37.8 Å². The second kappa shape index (κ2) is 9.48. The van der Waals surface area contributed by atoms with Gasteiger partial charge in [0.15, 0.2) is 9.84 Å². The number of sulfone groups is 1. The minimum Gasteiger partial charge on any atom is -0.378 e. The van der Waals surface area contributed by atoms with Crippen LogP contribution in [-0.2, 0) is 14.6 Å². The van der Waals surface area contributed by atoms with E-state index >= 15 is 4.39 Å². The van der Waals surface area contributed by atoms with Crippen molar-refractivity contribution < 1.29 is 17.5 Å². The maximum atomic E-state index is 15.2. The summed E-state index contributed by atoms with van der Waals surface area (Å²) in [6.07, 6.45) is 2.88. The molecule has 0 bridgehead atoms. The highest BCUT2D eigenvalue weighted by molar-refractivity contribution is 7.90. The van der Waals surface area contributed by atoms with Gasteiger partial charge in [0.2, 0.25) is 0 Å². The van der Waals surface area contributed by atoms with E-state index in [2.05, 4.69) is 15.2 Å². The molecule has 0 amide bonds. The zero-order valence-electron chi connectivity index (χ0n) is 20.4. The summed E-state index contributed by atoms with van der Waals surface area (Å²) < 4.78 is 46.1. The molecule has 3 heterocycles. The van der Waals surface area contributed by atoms with Gasteiger partial charge >= 0.3 is 0 Å². The summed E-state index contributed by atoms with van der Waals surface area (Å²) >= 11 is 0. The van der Waals surface area contributed by atoms with Gasteiger partial charge in [0.25, 0.3) is 0 Å². The van der Waals surface area contributed by atoms with Gasteiger partial charge in [-0.25, -0.2) is 17.8 Å². The van der Waals surface area contributed by atoms with Crippen LogP contribution >= 0.6 is 0 Å². The molecule has 0 spiro atoms. The van der Waals surface area contributed by atoms with Crippen LogP contribution in [0.4, 0.5) is 21.5 Å². The molecule has 9 heteroatoms. The summed E-state index contributed by atoms with van der Waals surface area (Å²) in [5, 5.41) is 3.58. The standard InChI is InChI=1S/C27H27FN4O3S/c1-17-9-10-29-23(15-17)26-18(2)27(25-20(28)5-4-6-21(25)30-26)31-22-16-19(32-11-13-35-14-12-32)7-8-24(22)36(3,33)34/h4-10,15-16H,11-14H2,1-3H3,(H,30,31). The Morgan fingerprint density at radius 1 is 1.06 bits per heavy atom. The highest BCUT2D eigenvalue weighted by Gasteiger charge is 2.22. The Bertz CT molecular complexity index is 1570. The van der Waals surface area contributed by atoms with E-state index in [-0.39, 0.29) is 4.90 Å². The van der Waals surface area contributed by atoms with Gasteiger partial charge in [0.05, 0.1) is 51.8 Å². The molecule has 2 aromatic heterocycles. The molecule has 0 aliphatic carbocycles. The van der Waals surface area contributed by atoms with Gasteiger partial charge in [0, 0.05) is 36.8 Å². The number of nitrogens with zero attached hydrogens (tertiary/aromatic N) is 3. The fraction of sp³-hybridized carbons (Fsp3) is 0.259. The summed E-state index contributed by atoms with van der Waals surface area (Å²) in [7, 11) is -3.57. The monoisotopic (exact) mass is 506 g/mol. The number of fused-ring (bicyclic) bond motifs is 1. The maximum absolute atomic E-state index is 15.2. The van der Waals surface area contributed by atoms with E-state index in [1.807, 2.05) is 26.0 Å².